The van der Waals surface area contributed by atoms with Crippen molar-refractivity contribution in [3.8, 4) is 5.75 Å². The fraction of sp³-hybridized carbons (Fsp3) is 0.250. The molecule has 0 fully saturated rings. The van der Waals surface area contributed by atoms with E-state index in [1.165, 1.54) is 0 Å². The van der Waals surface area contributed by atoms with E-state index in [0.29, 0.717) is 18.1 Å². The molecule has 166 valence electrons. The van der Waals surface area contributed by atoms with E-state index in [9.17, 15) is 5.11 Å². The van der Waals surface area contributed by atoms with Crippen molar-refractivity contribution in [2.24, 2.45) is 5.73 Å². The van der Waals surface area contributed by atoms with Crippen molar-refractivity contribution in [1.29, 1.82) is 0 Å². The van der Waals surface area contributed by atoms with Crippen LogP contribution >= 0.6 is 35.8 Å². The van der Waals surface area contributed by atoms with Gasteiger partial charge in [0.2, 0.25) is 0 Å². The van der Waals surface area contributed by atoms with Gasteiger partial charge in [-0.3, -0.25) is 0 Å². The summed E-state index contributed by atoms with van der Waals surface area (Å²) in [6.45, 7) is 0.435. The van der Waals surface area contributed by atoms with Gasteiger partial charge in [0.1, 0.15) is 12.4 Å². The van der Waals surface area contributed by atoms with Crippen molar-refractivity contribution in [3.63, 3.8) is 0 Å². The lowest BCUT2D eigenvalue weighted by Gasteiger charge is -2.18. The van der Waals surface area contributed by atoms with Gasteiger partial charge in [-0.05, 0) is 54.3 Å². The number of rotatable bonds is 10. The summed E-state index contributed by atoms with van der Waals surface area (Å²) in [5.41, 5.74) is 8.02. The van der Waals surface area contributed by atoms with E-state index < -0.39 is 12.1 Å². The van der Waals surface area contributed by atoms with E-state index in [1.54, 1.807) is 11.8 Å². The van der Waals surface area contributed by atoms with E-state index in [4.69, 9.17) is 27.2 Å². The van der Waals surface area contributed by atoms with Crippen molar-refractivity contribution in [2.75, 3.05) is 6.61 Å². The van der Waals surface area contributed by atoms with Gasteiger partial charge in [-0.2, -0.15) is 0 Å². The zero-order valence-electron chi connectivity index (χ0n) is 17.0. The Kier molecular flexibility index (Phi) is 10.7. The molecule has 0 heterocycles. The highest BCUT2D eigenvalue weighted by Crippen LogP contribution is 2.33. The molecule has 0 amide bonds. The molecule has 0 aliphatic carbocycles. The van der Waals surface area contributed by atoms with Gasteiger partial charge in [-0.25, -0.2) is 0 Å². The lowest BCUT2D eigenvalue weighted by atomic mass is 10.0. The highest BCUT2D eigenvalue weighted by molar-refractivity contribution is 7.99. The molecule has 2 unspecified atom stereocenters. The Bertz CT molecular complexity index is 943. The van der Waals surface area contributed by atoms with Gasteiger partial charge >= 0.3 is 0 Å². The van der Waals surface area contributed by atoms with Crippen LogP contribution in [0.15, 0.2) is 82.6 Å². The molecule has 0 saturated carbocycles. The topological polar surface area (TPSA) is 75.7 Å². The van der Waals surface area contributed by atoms with Crippen LogP contribution in [0.3, 0.4) is 0 Å². The monoisotopic (exact) mass is 479 g/mol. The van der Waals surface area contributed by atoms with Crippen molar-refractivity contribution in [1.82, 2.24) is 0 Å². The Hall–Kier alpha value is -1.73. The van der Waals surface area contributed by atoms with Crippen LogP contribution in [0.5, 0.6) is 5.75 Å². The van der Waals surface area contributed by atoms with Crippen LogP contribution in [-0.2, 0) is 13.0 Å². The number of halogens is 2. The Labute approximate surface area is 198 Å². The summed E-state index contributed by atoms with van der Waals surface area (Å²) in [5, 5.41) is 19.5. The highest BCUT2D eigenvalue weighted by Gasteiger charge is 2.16. The number of hydrogen-bond donors (Lipinski definition) is 3. The van der Waals surface area contributed by atoms with Crippen LogP contribution in [0.25, 0.3) is 0 Å². The standard InChI is InChI=1S/C24H26ClNO3S.ClH/c25-22-15-21(10-9-18(22)13-23(26)24(28)11-12-27)30-20-8-4-7-19(14-20)29-16-17-5-2-1-3-6-17;/h1-10,14-15,23-24,27-28H,11-13,16,26H2;1H. The van der Waals surface area contributed by atoms with Gasteiger partial charge in [0.25, 0.3) is 0 Å². The second-order valence-corrected chi connectivity index (χ2v) is 8.61. The molecular weight excluding hydrogens is 453 g/mol. The predicted molar refractivity (Wildman–Crippen MR) is 129 cm³/mol. The molecule has 7 heteroatoms. The molecule has 31 heavy (non-hydrogen) atoms. The number of aliphatic hydroxyl groups is 2. The second kappa shape index (κ2) is 13.0. The van der Waals surface area contributed by atoms with Gasteiger partial charge in [-0.15, -0.1) is 12.4 Å². The summed E-state index contributed by atoms with van der Waals surface area (Å²) in [6, 6.07) is 23.4. The molecule has 3 aromatic rings. The first kappa shape index (κ1) is 25.5. The minimum absolute atomic E-state index is 0. The Morgan fingerprint density at radius 2 is 1.71 bits per heavy atom. The minimum Gasteiger partial charge on any atom is -0.489 e. The SMILES string of the molecule is Cl.NC(Cc1ccc(Sc2cccc(OCc3ccccc3)c2)cc1Cl)C(O)CCO. The maximum atomic E-state index is 9.92. The van der Waals surface area contributed by atoms with E-state index in [1.807, 2.05) is 72.8 Å². The van der Waals surface area contributed by atoms with Crippen LogP contribution in [0.2, 0.25) is 5.02 Å². The number of hydrogen-bond acceptors (Lipinski definition) is 5. The molecule has 0 aliphatic heterocycles. The molecule has 0 aromatic heterocycles. The highest BCUT2D eigenvalue weighted by atomic mass is 35.5. The molecule has 4 nitrogen and oxygen atoms in total. The van der Waals surface area contributed by atoms with E-state index in [0.717, 1.165) is 26.7 Å². The van der Waals surface area contributed by atoms with Crippen LogP contribution in [0.1, 0.15) is 17.5 Å². The average molecular weight is 480 g/mol. The first-order valence-electron chi connectivity index (χ1n) is 9.82. The van der Waals surface area contributed by atoms with Crippen LogP contribution < -0.4 is 10.5 Å². The Morgan fingerprint density at radius 3 is 2.42 bits per heavy atom. The maximum absolute atomic E-state index is 9.92. The van der Waals surface area contributed by atoms with E-state index >= 15 is 0 Å². The summed E-state index contributed by atoms with van der Waals surface area (Å²) >= 11 is 8.05. The van der Waals surface area contributed by atoms with Gasteiger partial charge < -0.3 is 20.7 Å². The molecule has 0 spiro atoms. The lowest BCUT2D eigenvalue weighted by Crippen LogP contribution is -2.37. The van der Waals surface area contributed by atoms with Gasteiger partial charge in [0.05, 0.1) is 6.10 Å². The summed E-state index contributed by atoms with van der Waals surface area (Å²) in [5.74, 6) is 0.815. The smallest absolute Gasteiger partial charge is 0.120 e. The Balaban J connectivity index is 0.00000341. The molecular formula is C24H27Cl2NO3S. The molecule has 2 atom stereocenters. The number of nitrogens with two attached hydrogens (primary N) is 1. The third-order valence-electron chi connectivity index (χ3n) is 4.69. The second-order valence-electron chi connectivity index (χ2n) is 7.05. The zero-order chi connectivity index (χ0) is 21.3. The largest absolute Gasteiger partial charge is 0.489 e. The normalized spacial score (nSPS) is 12.6. The first-order valence-corrected chi connectivity index (χ1v) is 11.0. The molecule has 3 rings (SSSR count). The van der Waals surface area contributed by atoms with Crippen molar-refractivity contribution < 1.29 is 14.9 Å². The number of benzene rings is 3. The first-order chi connectivity index (χ1) is 14.5. The third-order valence-corrected chi connectivity index (χ3v) is 6.02. The maximum Gasteiger partial charge on any atom is 0.120 e. The third kappa shape index (κ3) is 8.04. The number of aliphatic hydroxyl groups excluding tert-OH is 2. The van der Waals surface area contributed by atoms with Crippen LogP contribution in [-0.4, -0.2) is 29.0 Å². The van der Waals surface area contributed by atoms with Crippen molar-refractivity contribution >= 4 is 35.8 Å². The van der Waals surface area contributed by atoms with E-state index in [2.05, 4.69) is 0 Å². The predicted octanol–water partition coefficient (Wildman–Crippen LogP) is 5.11. The van der Waals surface area contributed by atoms with Crippen molar-refractivity contribution in [3.05, 3.63) is 88.9 Å². The minimum atomic E-state index is -0.751. The average Bonchev–Trinajstić information content (AvgIpc) is 2.75. The molecule has 0 aliphatic rings. The summed E-state index contributed by atoms with van der Waals surface area (Å²) in [7, 11) is 0. The molecule has 3 aromatic carbocycles. The van der Waals surface area contributed by atoms with Gasteiger partial charge in [0.15, 0.2) is 0 Å². The Morgan fingerprint density at radius 1 is 0.968 bits per heavy atom. The quantitative estimate of drug-likeness (QED) is 0.376. The summed E-state index contributed by atoms with van der Waals surface area (Å²) < 4.78 is 5.90. The van der Waals surface area contributed by atoms with Gasteiger partial charge in [-0.1, -0.05) is 65.8 Å². The summed E-state index contributed by atoms with van der Waals surface area (Å²) in [6.07, 6.45) is -0.0397. The van der Waals surface area contributed by atoms with Crippen molar-refractivity contribution in [2.45, 2.75) is 41.4 Å². The molecule has 0 saturated heterocycles. The van der Waals surface area contributed by atoms with Gasteiger partial charge in [0, 0.05) is 27.5 Å². The molecule has 0 radical (unpaired) electrons. The summed E-state index contributed by atoms with van der Waals surface area (Å²) in [4.78, 5) is 2.06. The fourth-order valence-corrected chi connectivity index (χ4v) is 4.23. The molecule has 4 N–H and O–H groups in total. The van der Waals surface area contributed by atoms with Crippen LogP contribution in [0.4, 0.5) is 0 Å². The van der Waals surface area contributed by atoms with E-state index in [-0.39, 0.29) is 25.4 Å². The fourth-order valence-electron chi connectivity index (χ4n) is 3.00. The lowest BCUT2D eigenvalue weighted by molar-refractivity contribution is 0.109. The molecule has 0 bridgehead atoms. The zero-order valence-corrected chi connectivity index (χ0v) is 19.4. The number of ether oxygens (including phenoxy) is 1. The van der Waals surface area contributed by atoms with Crippen LogP contribution in [0, 0.1) is 0 Å².